The molecule has 1 aromatic heterocycles. The fourth-order valence-corrected chi connectivity index (χ4v) is 3.86. The summed E-state index contributed by atoms with van der Waals surface area (Å²) < 4.78 is 12.8. The lowest BCUT2D eigenvalue weighted by molar-refractivity contribution is 0.0290. The molecule has 0 aliphatic heterocycles. The molecular weight excluding hydrogens is 318 g/mol. The molecule has 1 N–H and O–H groups in total. The monoisotopic (exact) mass is 333 g/mol. The van der Waals surface area contributed by atoms with Crippen molar-refractivity contribution in [1.29, 1.82) is 0 Å². The number of hydrogen-bond donors (Lipinski definition) is 1. The van der Waals surface area contributed by atoms with Crippen molar-refractivity contribution in [2.45, 2.75) is 16.7 Å². The summed E-state index contributed by atoms with van der Waals surface area (Å²) in [5.41, 5.74) is 0.923. The molecule has 4 nitrogen and oxygen atoms in total. The van der Waals surface area contributed by atoms with Gasteiger partial charge in [0.1, 0.15) is 5.44 Å². The first kappa shape index (κ1) is 16.0. The Kier molecular flexibility index (Phi) is 6.54. The van der Waals surface area contributed by atoms with E-state index in [0.29, 0.717) is 24.8 Å². The molecule has 0 saturated carbocycles. The molecule has 20 heavy (non-hydrogen) atoms. The van der Waals surface area contributed by atoms with Crippen molar-refractivity contribution < 1.29 is 14.6 Å². The van der Waals surface area contributed by atoms with Crippen molar-refractivity contribution in [3.8, 4) is 0 Å². The van der Waals surface area contributed by atoms with Gasteiger partial charge in [-0.25, -0.2) is 4.98 Å². The number of fused-ring (bicyclic) bond motifs is 1. The highest BCUT2D eigenvalue weighted by Crippen LogP contribution is 2.33. The van der Waals surface area contributed by atoms with Crippen molar-refractivity contribution in [2.75, 3.05) is 26.4 Å². The van der Waals surface area contributed by atoms with E-state index in [-0.39, 0.29) is 12.0 Å². The van der Waals surface area contributed by atoms with Gasteiger partial charge in [-0.2, -0.15) is 0 Å². The van der Waals surface area contributed by atoms with E-state index in [2.05, 4.69) is 4.98 Å². The van der Waals surface area contributed by atoms with Crippen LogP contribution in [0.1, 0.15) is 6.92 Å². The Bertz CT molecular complexity index is 549. The second-order valence-corrected chi connectivity index (χ2v) is 7.00. The first-order valence-corrected chi connectivity index (χ1v) is 8.29. The standard InChI is InChI=1S/C13H16ClNO3S2/c1-9(18-7-6-17-5-4-16)19-13-15-11-8-10(14)2-3-12(11)20-13/h2-3,8-9,16H,4-7H2,1H3. The molecule has 0 aliphatic rings. The minimum atomic E-state index is 0.00348. The van der Waals surface area contributed by atoms with Gasteiger partial charge in [0.05, 0.1) is 36.6 Å². The topological polar surface area (TPSA) is 51.6 Å². The second kappa shape index (κ2) is 8.17. The first-order valence-electron chi connectivity index (χ1n) is 6.22. The average molecular weight is 334 g/mol. The maximum absolute atomic E-state index is 8.57. The summed E-state index contributed by atoms with van der Waals surface area (Å²) in [6.45, 7) is 3.36. The highest BCUT2D eigenvalue weighted by molar-refractivity contribution is 8.01. The van der Waals surface area contributed by atoms with Crippen LogP contribution in [-0.4, -0.2) is 42.0 Å². The fourth-order valence-electron chi connectivity index (χ4n) is 1.55. The predicted molar refractivity (Wildman–Crippen MR) is 83.8 cm³/mol. The quantitative estimate of drug-likeness (QED) is 0.456. The molecule has 0 saturated heterocycles. The second-order valence-electron chi connectivity index (χ2n) is 3.98. The van der Waals surface area contributed by atoms with Crippen LogP contribution >= 0.6 is 34.7 Å². The van der Waals surface area contributed by atoms with Gasteiger partial charge < -0.3 is 14.6 Å². The first-order chi connectivity index (χ1) is 9.69. The lowest BCUT2D eigenvalue weighted by atomic mass is 10.3. The summed E-state index contributed by atoms with van der Waals surface area (Å²) >= 11 is 9.15. The van der Waals surface area contributed by atoms with Crippen LogP contribution in [0.2, 0.25) is 5.02 Å². The maximum atomic E-state index is 8.57. The number of benzene rings is 1. The van der Waals surface area contributed by atoms with Gasteiger partial charge in [-0.15, -0.1) is 11.3 Å². The summed E-state index contributed by atoms with van der Waals surface area (Å²) in [7, 11) is 0. The van der Waals surface area contributed by atoms with Crippen LogP contribution in [0.5, 0.6) is 0 Å². The van der Waals surface area contributed by atoms with Gasteiger partial charge in [-0.05, 0) is 25.1 Å². The van der Waals surface area contributed by atoms with Gasteiger partial charge >= 0.3 is 0 Å². The molecule has 0 bridgehead atoms. The minimum absolute atomic E-state index is 0.00348. The Balaban J connectivity index is 1.81. The van der Waals surface area contributed by atoms with Crippen molar-refractivity contribution >= 4 is 44.9 Å². The molecule has 0 radical (unpaired) electrons. The Labute approximate surface area is 131 Å². The van der Waals surface area contributed by atoms with Gasteiger partial charge in [0, 0.05) is 5.02 Å². The third-order valence-corrected chi connectivity index (χ3v) is 4.78. The lowest BCUT2D eigenvalue weighted by Crippen LogP contribution is -2.11. The fraction of sp³-hybridized carbons (Fsp3) is 0.462. The van der Waals surface area contributed by atoms with Gasteiger partial charge in [-0.1, -0.05) is 23.4 Å². The summed E-state index contributed by atoms with van der Waals surface area (Å²) in [6.07, 6.45) is 0. The molecule has 0 spiro atoms. The third-order valence-electron chi connectivity index (χ3n) is 2.41. The number of hydrogen-bond acceptors (Lipinski definition) is 6. The molecule has 0 fully saturated rings. The number of halogens is 1. The van der Waals surface area contributed by atoms with E-state index >= 15 is 0 Å². The van der Waals surface area contributed by atoms with Crippen LogP contribution in [0.25, 0.3) is 10.2 Å². The molecule has 7 heteroatoms. The number of thioether (sulfide) groups is 1. The molecule has 1 atom stereocenters. The molecular formula is C13H16ClNO3S2. The predicted octanol–water partition coefficient (Wildman–Crippen LogP) is 3.41. The largest absolute Gasteiger partial charge is 0.394 e. The summed E-state index contributed by atoms with van der Waals surface area (Å²) in [4.78, 5) is 4.52. The molecule has 110 valence electrons. The summed E-state index contributed by atoms with van der Waals surface area (Å²) in [6, 6.07) is 5.72. The van der Waals surface area contributed by atoms with Crippen LogP contribution < -0.4 is 0 Å². The molecule has 0 aliphatic carbocycles. The summed E-state index contributed by atoms with van der Waals surface area (Å²) in [5, 5.41) is 9.27. The highest BCUT2D eigenvalue weighted by Gasteiger charge is 2.10. The van der Waals surface area contributed by atoms with Crippen LogP contribution in [0.15, 0.2) is 22.5 Å². The van der Waals surface area contributed by atoms with E-state index in [1.807, 2.05) is 25.1 Å². The van der Waals surface area contributed by atoms with Gasteiger partial charge in [0.2, 0.25) is 0 Å². The average Bonchev–Trinajstić information content (AvgIpc) is 2.79. The smallest absolute Gasteiger partial charge is 0.153 e. The van der Waals surface area contributed by atoms with Crippen molar-refractivity contribution in [3.63, 3.8) is 0 Å². The van der Waals surface area contributed by atoms with E-state index in [0.717, 1.165) is 14.6 Å². The lowest BCUT2D eigenvalue weighted by Gasteiger charge is -2.10. The molecule has 0 amide bonds. The highest BCUT2D eigenvalue weighted by atomic mass is 35.5. The van der Waals surface area contributed by atoms with E-state index in [1.54, 1.807) is 23.1 Å². The minimum Gasteiger partial charge on any atom is -0.394 e. The maximum Gasteiger partial charge on any atom is 0.153 e. The Morgan fingerprint density at radius 3 is 3.05 bits per heavy atom. The number of aliphatic hydroxyl groups is 1. The van der Waals surface area contributed by atoms with Gasteiger partial charge in [0.25, 0.3) is 0 Å². The van der Waals surface area contributed by atoms with Crippen molar-refractivity contribution in [2.24, 2.45) is 0 Å². The van der Waals surface area contributed by atoms with E-state index in [9.17, 15) is 0 Å². The number of nitrogens with zero attached hydrogens (tertiary/aromatic N) is 1. The van der Waals surface area contributed by atoms with Crippen LogP contribution in [0, 0.1) is 0 Å². The van der Waals surface area contributed by atoms with Crippen LogP contribution in [0.3, 0.4) is 0 Å². The summed E-state index contributed by atoms with van der Waals surface area (Å²) in [5.74, 6) is 0. The number of thiazole rings is 1. The van der Waals surface area contributed by atoms with Crippen LogP contribution in [0.4, 0.5) is 0 Å². The number of aromatic nitrogens is 1. The molecule has 1 unspecified atom stereocenters. The van der Waals surface area contributed by atoms with E-state index in [1.165, 1.54) is 0 Å². The number of rotatable bonds is 8. The van der Waals surface area contributed by atoms with E-state index < -0.39 is 0 Å². The third kappa shape index (κ3) is 4.87. The zero-order chi connectivity index (χ0) is 14.4. The van der Waals surface area contributed by atoms with Crippen molar-refractivity contribution in [1.82, 2.24) is 4.98 Å². The zero-order valence-corrected chi connectivity index (χ0v) is 13.4. The zero-order valence-electron chi connectivity index (χ0n) is 11.0. The molecule has 1 heterocycles. The Morgan fingerprint density at radius 2 is 2.25 bits per heavy atom. The van der Waals surface area contributed by atoms with Gasteiger partial charge in [0.15, 0.2) is 4.34 Å². The van der Waals surface area contributed by atoms with Crippen LogP contribution in [-0.2, 0) is 9.47 Å². The Hall–Kier alpha value is -0.370. The van der Waals surface area contributed by atoms with Crippen molar-refractivity contribution in [3.05, 3.63) is 23.2 Å². The molecule has 2 rings (SSSR count). The normalized spacial score (nSPS) is 12.9. The van der Waals surface area contributed by atoms with E-state index in [4.69, 9.17) is 26.2 Å². The SMILES string of the molecule is CC(OCCOCCO)Sc1nc2cc(Cl)ccc2s1. The number of aliphatic hydroxyl groups excluding tert-OH is 1. The number of ether oxygens (including phenoxy) is 2. The molecule has 1 aromatic carbocycles. The van der Waals surface area contributed by atoms with Gasteiger partial charge in [-0.3, -0.25) is 0 Å². The molecule has 2 aromatic rings. The Morgan fingerprint density at radius 1 is 1.40 bits per heavy atom.